The molecule has 1 aromatic carbocycles. The van der Waals surface area contributed by atoms with Crippen molar-refractivity contribution in [2.75, 3.05) is 13.7 Å². The van der Waals surface area contributed by atoms with Gasteiger partial charge in [-0.3, -0.25) is 0 Å². The molecule has 2 aromatic rings. The Labute approximate surface area is 120 Å². The van der Waals surface area contributed by atoms with Crippen molar-refractivity contribution in [2.45, 2.75) is 26.8 Å². The second kappa shape index (κ2) is 6.48. The van der Waals surface area contributed by atoms with Gasteiger partial charge in [0.1, 0.15) is 11.6 Å². The van der Waals surface area contributed by atoms with E-state index < -0.39 is 0 Å². The lowest BCUT2D eigenvalue weighted by Gasteiger charge is -2.22. The minimum Gasteiger partial charge on any atom is -0.496 e. The first-order valence-electron chi connectivity index (χ1n) is 6.82. The number of ether oxygens (including phenoxy) is 1. The molecular weight excluding hydrogens is 250 g/mol. The maximum atomic E-state index is 5.56. The summed E-state index contributed by atoms with van der Waals surface area (Å²) in [6, 6.07) is 5.98. The third-order valence-corrected chi connectivity index (χ3v) is 3.25. The van der Waals surface area contributed by atoms with Crippen LogP contribution < -0.4 is 10.1 Å². The smallest absolute Gasteiger partial charge is 0.149 e. The summed E-state index contributed by atoms with van der Waals surface area (Å²) in [5.74, 6) is 1.64. The molecule has 20 heavy (non-hydrogen) atoms. The van der Waals surface area contributed by atoms with Crippen LogP contribution in [0, 0.1) is 13.8 Å². The molecule has 0 spiro atoms. The van der Waals surface area contributed by atoms with Gasteiger partial charge in [0.15, 0.2) is 0 Å². The fourth-order valence-electron chi connectivity index (χ4n) is 2.46. The standard InChI is InChI=1S/C16H21N3O/c1-5-17-15(16-18-7-6-8-19-16)14-12(3)9-11(2)10-13(14)20-4/h6-10,15,17H,5H2,1-4H3. The highest BCUT2D eigenvalue weighted by atomic mass is 16.5. The van der Waals surface area contributed by atoms with E-state index in [4.69, 9.17) is 4.74 Å². The van der Waals surface area contributed by atoms with Crippen molar-refractivity contribution in [3.05, 3.63) is 53.1 Å². The third-order valence-electron chi connectivity index (χ3n) is 3.25. The molecule has 0 saturated heterocycles. The molecule has 0 aliphatic rings. The lowest BCUT2D eigenvalue weighted by Crippen LogP contribution is -2.25. The lowest BCUT2D eigenvalue weighted by molar-refractivity contribution is 0.402. The van der Waals surface area contributed by atoms with Gasteiger partial charge in [0.25, 0.3) is 0 Å². The molecule has 0 radical (unpaired) electrons. The predicted octanol–water partition coefficient (Wildman–Crippen LogP) is 2.80. The summed E-state index contributed by atoms with van der Waals surface area (Å²) < 4.78 is 5.56. The van der Waals surface area contributed by atoms with Crippen LogP contribution in [0.4, 0.5) is 0 Å². The lowest BCUT2D eigenvalue weighted by atomic mass is 9.97. The molecule has 1 unspecified atom stereocenters. The number of hydrogen-bond donors (Lipinski definition) is 1. The molecule has 2 rings (SSSR count). The molecule has 0 aliphatic carbocycles. The molecule has 0 fully saturated rings. The fourth-order valence-corrected chi connectivity index (χ4v) is 2.46. The van der Waals surface area contributed by atoms with Gasteiger partial charge in [-0.25, -0.2) is 9.97 Å². The SMILES string of the molecule is CCNC(c1ncccn1)c1c(C)cc(C)cc1OC. The average molecular weight is 271 g/mol. The van der Waals surface area contributed by atoms with Gasteiger partial charge in [0, 0.05) is 18.0 Å². The van der Waals surface area contributed by atoms with E-state index in [0.717, 1.165) is 23.7 Å². The summed E-state index contributed by atoms with van der Waals surface area (Å²) >= 11 is 0. The van der Waals surface area contributed by atoms with E-state index in [1.54, 1.807) is 19.5 Å². The molecular formula is C16H21N3O. The van der Waals surface area contributed by atoms with Crippen molar-refractivity contribution in [3.63, 3.8) is 0 Å². The van der Waals surface area contributed by atoms with Gasteiger partial charge in [0.05, 0.1) is 13.2 Å². The average Bonchev–Trinajstić information content (AvgIpc) is 2.45. The van der Waals surface area contributed by atoms with Gasteiger partial charge in [-0.15, -0.1) is 0 Å². The van der Waals surface area contributed by atoms with E-state index in [-0.39, 0.29) is 6.04 Å². The van der Waals surface area contributed by atoms with Crippen LogP contribution in [0.25, 0.3) is 0 Å². The topological polar surface area (TPSA) is 47.0 Å². The molecule has 4 heteroatoms. The Kier molecular flexibility index (Phi) is 4.69. The van der Waals surface area contributed by atoms with Gasteiger partial charge >= 0.3 is 0 Å². The summed E-state index contributed by atoms with van der Waals surface area (Å²) in [6.07, 6.45) is 3.53. The van der Waals surface area contributed by atoms with Crippen LogP contribution in [0.3, 0.4) is 0 Å². The monoisotopic (exact) mass is 271 g/mol. The summed E-state index contributed by atoms with van der Waals surface area (Å²) in [5.41, 5.74) is 3.47. The molecule has 1 atom stereocenters. The van der Waals surface area contributed by atoms with E-state index >= 15 is 0 Å². The highest BCUT2D eigenvalue weighted by Crippen LogP contribution is 2.32. The summed E-state index contributed by atoms with van der Waals surface area (Å²) in [5, 5.41) is 3.45. The first-order valence-corrected chi connectivity index (χ1v) is 6.82. The molecule has 106 valence electrons. The van der Waals surface area contributed by atoms with Crippen LogP contribution in [0.2, 0.25) is 0 Å². The number of hydrogen-bond acceptors (Lipinski definition) is 4. The molecule has 1 aromatic heterocycles. The van der Waals surface area contributed by atoms with Crippen LogP contribution in [-0.2, 0) is 0 Å². The normalized spacial score (nSPS) is 12.2. The van der Waals surface area contributed by atoms with Crippen molar-refractivity contribution in [3.8, 4) is 5.75 Å². The summed E-state index contributed by atoms with van der Waals surface area (Å²) in [4.78, 5) is 8.77. The highest BCUT2D eigenvalue weighted by Gasteiger charge is 2.22. The zero-order valence-corrected chi connectivity index (χ0v) is 12.5. The van der Waals surface area contributed by atoms with Gasteiger partial charge in [0.2, 0.25) is 0 Å². The highest BCUT2D eigenvalue weighted by molar-refractivity contribution is 5.47. The zero-order valence-electron chi connectivity index (χ0n) is 12.5. The number of rotatable bonds is 5. The van der Waals surface area contributed by atoms with Crippen molar-refractivity contribution < 1.29 is 4.74 Å². The fraction of sp³-hybridized carbons (Fsp3) is 0.375. The third kappa shape index (κ3) is 2.96. The number of methoxy groups -OCH3 is 1. The van der Waals surface area contributed by atoms with Crippen molar-refractivity contribution >= 4 is 0 Å². The Morgan fingerprint density at radius 3 is 2.50 bits per heavy atom. The Morgan fingerprint density at radius 2 is 1.90 bits per heavy atom. The molecule has 0 bridgehead atoms. The van der Waals surface area contributed by atoms with Crippen molar-refractivity contribution in [2.24, 2.45) is 0 Å². The van der Waals surface area contributed by atoms with E-state index in [2.05, 4.69) is 48.2 Å². The number of nitrogens with zero attached hydrogens (tertiary/aromatic N) is 2. The second-order valence-electron chi connectivity index (χ2n) is 4.80. The first-order chi connectivity index (χ1) is 9.67. The van der Waals surface area contributed by atoms with E-state index in [1.807, 2.05) is 6.07 Å². The van der Waals surface area contributed by atoms with Crippen molar-refractivity contribution in [1.82, 2.24) is 15.3 Å². The summed E-state index contributed by atoms with van der Waals surface area (Å²) in [6.45, 7) is 7.07. The van der Waals surface area contributed by atoms with E-state index in [0.29, 0.717) is 0 Å². The number of aryl methyl sites for hydroxylation is 2. The summed E-state index contributed by atoms with van der Waals surface area (Å²) in [7, 11) is 1.70. The van der Waals surface area contributed by atoms with Crippen LogP contribution in [0.1, 0.15) is 35.5 Å². The quantitative estimate of drug-likeness (QED) is 0.908. The Morgan fingerprint density at radius 1 is 1.20 bits per heavy atom. The molecule has 4 nitrogen and oxygen atoms in total. The maximum Gasteiger partial charge on any atom is 0.149 e. The van der Waals surface area contributed by atoms with E-state index in [9.17, 15) is 0 Å². The number of aromatic nitrogens is 2. The Bertz CT molecular complexity index is 569. The second-order valence-corrected chi connectivity index (χ2v) is 4.80. The predicted molar refractivity (Wildman–Crippen MR) is 80.0 cm³/mol. The molecule has 0 saturated carbocycles. The Hall–Kier alpha value is -1.94. The largest absolute Gasteiger partial charge is 0.496 e. The Balaban J connectivity index is 2.55. The number of benzene rings is 1. The van der Waals surface area contributed by atoms with Gasteiger partial charge in [-0.05, 0) is 43.7 Å². The first kappa shape index (κ1) is 14.5. The minimum atomic E-state index is -0.0586. The van der Waals surface area contributed by atoms with Gasteiger partial charge < -0.3 is 10.1 Å². The maximum absolute atomic E-state index is 5.56. The molecule has 1 heterocycles. The number of nitrogens with one attached hydrogen (secondary N) is 1. The molecule has 0 aliphatic heterocycles. The minimum absolute atomic E-state index is 0.0586. The van der Waals surface area contributed by atoms with Crippen LogP contribution in [0.15, 0.2) is 30.6 Å². The van der Waals surface area contributed by atoms with E-state index in [1.165, 1.54) is 11.1 Å². The van der Waals surface area contributed by atoms with Gasteiger partial charge in [-0.1, -0.05) is 13.0 Å². The van der Waals surface area contributed by atoms with Crippen LogP contribution in [0.5, 0.6) is 5.75 Å². The zero-order chi connectivity index (χ0) is 14.5. The van der Waals surface area contributed by atoms with Crippen LogP contribution >= 0.6 is 0 Å². The van der Waals surface area contributed by atoms with Crippen LogP contribution in [-0.4, -0.2) is 23.6 Å². The molecule has 1 N–H and O–H groups in total. The van der Waals surface area contributed by atoms with Gasteiger partial charge in [-0.2, -0.15) is 0 Å². The van der Waals surface area contributed by atoms with Crippen molar-refractivity contribution in [1.29, 1.82) is 0 Å². The molecule has 0 amide bonds.